The van der Waals surface area contributed by atoms with E-state index in [4.69, 9.17) is 9.47 Å². The van der Waals surface area contributed by atoms with Crippen molar-refractivity contribution in [2.75, 3.05) is 7.11 Å². The third kappa shape index (κ3) is 3.86. The number of carbonyl (C=O) groups excluding carboxylic acids is 1. The van der Waals surface area contributed by atoms with Crippen LogP contribution in [0.1, 0.15) is 38.3 Å². The molecule has 0 radical (unpaired) electrons. The summed E-state index contributed by atoms with van der Waals surface area (Å²) in [6, 6.07) is 2.94. The predicted octanol–water partition coefficient (Wildman–Crippen LogP) is 3.22. The molecule has 1 aromatic rings. The van der Waals surface area contributed by atoms with E-state index in [0.717, 1.165) is 12.0 Å². The monoisotopic (exact) mass is 295 g/mol. The van der Waals surface area contributed by atoms with Gasteiger partial charge in [-0.25, -0.2) is 9.18 Å². The molecule has 0 bridgehead atoms. The Kier molecular flexibility index (Phi) is 4.40. The van der Waals surface area contributed by atoms with Gasteiger partial charge in [0.05, 0.1) is 7.11 Å². The Hall–Kier alpha value is -1.78. The molecule has 5 heteroatoms. The highest BCUT2D eigenvalue weighted by Crippen LogP contribution is 2.31. The second kappa shape index (κ2) is 5.92. The topological polar surface area (TPSA) is 47.6 Å². The van der Waals surface area contributed by atoms with Crippen LogP contribution in [-0.4, -0.2) is 24.8 Å². The standard InChI is InChI=1S/C16H22FNO3/c1-16(2,3)21-15(19)18-10-5-6-11-12(9-10)13(17)7-8-14(11)20-4/h7-8,10H,5-6,9H2,1-4H3,(H,18,19). The zero-order valence-electron chi connectivity index (χ0n) is 13.0. The van der Waals surface area contributed by atoms with Crippen LogP contribution >= 0.6 is 0 Å². The normalized spacial score (nSPS) is 17.9. The Balaban J connectivity index is 2.08. The van der Waals surface area contributed by atoms with Gasteiger partial charge in [0.25, 0.3) is 0 Å². The highest BCUT2D eigenvalue weighted by molar-refractivity contribution is 5.68. The van der Waals surface area contributed by atoms with Crippen LogP contribution < -0.4 is 10.1 Å². The third-order valence-electron chi connectivity index (χ3n) is 3.47. The number of benzene rings is 1. The minimum atomic E-state index is -0.537. The van der Waals surface area contributed by atoms with Gasteiger partial charge < -0.3 is 14.8 Å². The van der Waals surface area contributed by atoms with E-state index >= 15 is 0 Å². The minimum Gasteiger partial charge on any atom is -0.496 e. The quantitative estimate of drug-likeness (QED) is 0.911. The van der Waals surface area contributed by atoms with Crippen molar-refractivity contribution in [3.05, 3.63) is 29.1 Å². The summed E-state index contributed by atoms with van der Waals surface area (Å²) in [4.78, 5) is 11.8. The highest BCUT2D eigenvalue weighted by Gasteiger charge is 2.26. The van der Waals surface area contributed by atoms with Crippen LogP contribution in [0, 0.1) is 5.82 Å². The lowest BCUT2D eigenvalue weighted by molar-refractivity contribution is 0.0500. The van der Waals surface area contributed by atoms with Crippen molar-refractivity contribution in [3.8, 4) is 5.75 Å². The number of rotatable bonds is 2. The first kappa shape index (κ1) is 15.6. The van der Waals surface area contributed by atoms with Crippen molar-refractivity contribution in [2.24, 2.45) is 0 Å². The molecule has 0 saturated carbocycles. The molecule has 1 amide bonds. The second-order valence-electron chi connectivity index (χ2n) is 6.29. The highest BCUT2D eigenvalue weighted by atomic mass is 19.1. The Labute approximate surface area is 124 Å². The molecule has 2 rings (SSSR count). The van der Waals surface area contributed by atoms with Gasteiger partial charge in [-0.3, -0.25) is 0 Å². The van der Waals surface area contributed by atoms with E-state index in [1.165, 1.54) is 6.07 Å². The molecule has 0 fully saturated rings. The first-order chi connectivity index (χ1) is 9.80. The van der Waals surface area contributed by atoms with E-state index in [1.807, 2.05) is 20.8 Å². The van der Waals surface area contributed by atoms with Gasteiger partial charge in [-0.2, -0.15) is 0 Å². The van der Waals surface area contributed by atoms with Crippen LogP contribution in [0.4, 0.5) is 9.18 Å². The number of hydrogen-bond donors (Lipinski definition) is 1. The summed E-state index contributed by atoms with van der Waals surface area (Å²) in [7, 11) is 1.58. The molecule has 1 unspecified atom stereocenters. The first-order valence-corrected chi connectivity index (χ1v) is 7.14. The molecule has 0 spiro atoms. The summed E-state index contributed by atoms with van der Waals surface area (Å²) >= 11 is 0. The number of hydrogen-bond acceptors (Lipinski definition) is 3. The van der Waals surface area contributed by atoms with E-state index in [1.54, 1.807) is 13.2 Å². The van der Waals surface area contributed by atoms with Gasteiger partial charge in [-0.1, -0.05) is 0 Å². The molecule has 0 saturated heterocycles. The number of carbonyl (C=O) groups is 1. The molecule has 0 heterocycles. The molecule has 0 aliphatic heterocycles. The number of halogens is 1. The maximum absolute atomic E-state index is 14.0. The summed E-state index contributed by atoms with van der Waals surface area (Å²) in [5, 5.41) is 2.81. The molecule has 1 aliphatic rings. The lowest BCUT2D eigenvalue weighted by Gasteiger charge is -2.28. The van der Waals surface area contributed by atoms with E-state index in [9.17, 15) is 9.18 Å². The number of alkyl carbamates (subject to hydrolysis) is 1. The summed E-state index contributed by atoms with van der Waals surface area (Å²) in [6.07, 6.45) is 1.42. The van der Waals surface area contributed by atoms with Crippen LogP contribution in [0.25, 0.3) is 0 Å². The Morgan fingerprint density at radius 2 is 2.05 bits per heavy atom. The van der Waals surface area contributed by atoms with E-state index < -0.39 is 11.7 Å². The number of fused-ring (bicyclic) bond motifs is 1. The van der Waals surface area contributed by atoms with Crippen molar-refractivity contribution in [3.63, 3.8) is 0 Å². The maximum atomic E-state index is 14.0. The fraction of sp³-hybridized carbons (Fsp3) is 0.562. The van der Waals surface area contributed by atoms with E-state index in [2.05, 4.69) is 5.32 Å². The average Bonchev–Trinajstić information content (AvgIpc) is 2.37. The third-order valence-corrected chi connectivity index (χ3v) is 3.47. The molecule has 0 aromatic heterocycles. The Morgan fingerprint density at radius 3 is 2.67 bits per heavy atom. The molecule has 1 atom stereocenters. The summed E-state index contributed by atoms with van der Waals surface area (Å²) < 4.78 is 24.5. The zero-order chi connectivity index (χ0) is 15.6. The van der Waals surface area contributed by atoms with Crippen molar-refractivity contribution >= 4 is 6.09 Å². The average molecular weight is 295 g/mol. The molecule has 4 nitrogen and oxygen atoms in total. The lowest BCUT2D eigenvalue weighted by atomic mass is 9.87. The molecule has 1 N–H and O–H groups in total. The van der Waals surface area contributed by atoms with Crippen LogP contribution in [0.5, 0.6) is 5.75 Å². The number of nitrogens with one attached hydrogen (secondary N) is 1. The molecule has 116 valence electrons. The van der Waals surface area contributed by atoms with Crippen LogP contribution in [-0.2, 0) is 17.6 Å². The molecular formula is C16H22FNO3. The first-order valence-electron chi connectivity index (χ1n) is 7.14. The zero-order valence-corrected chi connectivity index (χ0v) is 13.0. The van der Waals surface area contributed by atoms with E-state index in [-0.39, 0.29) is 11.9 Å². The van der Waals surface area contributed by atoms with Crippen LogP contribution in [0.2, 0.25) is 0 Å². The summed E-state index contributed by atoms with van der Waals surface area (Å²) in [5.74, 6) is 0.462. The van der Waals surface area contributed by atoms with Gasteiger partial charge >= 0.3 is 6.09 Å². The lowest BCUT2D eigenvalue weighted by Crippen LogP contribution is -2.42. The van der Waals surface area contributed by atoms with Crippen molar-refractivity contribution in [1.29, 1.82) is 0 Å². The molecular weight excluding hydrogens is 273 g/mol. The fourth-order valence-electron chi connectivity index (χ4n) is 2.59. The maximum Gasteiger partial charge on any atom is 0.407 e. The van der Waals surface area contributed by atoms with Crippen molar-refractivity contribution < 1.29 is 18.7 Å². The largest absolute Gasteiger partial charge is 0.496 e. The number of methoxy groups -OCH3 is 1. The van der Waals surface area contributed by atoms with Gasteiger partial charge in [-0.15, -0.1) is 0 Å². The number of ether oxygens (including phenoxy) is 2. The van der Waals surface area contributed by atoms with Gasteiger partial charge in [0, 0.05) is 11.6 Å². The van der Waals surface area contributed by atoms with Gasteiger partial charge in [0.2, 0.25) is 0 Å². The van der Waals surface area contributed by atoms with Gasteiger partial charge in [0.1, 0.15) is 17.2 Å². The van der Waals surface area contributed by atoms with Gasteiger partial charge in [0.15, 0.2) is 0 Å². The fourth-order valence-corrected chi connectivity index (χ4v) is 2.59. The van der Waals surface area contributed by atoms with Crippen molar-refractivity contribution in [1.82, 2.24) is 5.32 Å². The summed E-state index contributed by atoms with van der Waals surface area (Å²) in [6.45, 7) is 5.44. The number of amides is 1. The minimum absolute atomic E-state index is 0.117. The van der Waals surface area contributed by atoms with Crippen LogP contribution in [0.15, 0.2) is 12.1 Å². The molecule has 21 heavy (non-hydrogen) atoms. The predicted molar refractivity (Wildman–Crippen MR) is 78.1 cm³/mol. The Morgan fingerprint density at radius 1 is 1.33 bits per heavy atom. The van der Waals surface area contributed by atoms with Crippen LogP contribution in [0.3, 0.4) is 0 Å². The van der Waals surface area contributed by atoms with E-state index in [0.29, 0.717) is 24.2 Å². The smallest absolute Gasteiger partial charge is 0.407 e. The SMILES string of the molecule is COc1ccc(F)c2c1CCC(NC(=O)OC(C)(C)C)C2. The van der Waals surface area contributed by atoms with Crippen molar-refractivity contribution in [2.45, 2.75) is 51.7 Å². The second-order valence-corrected chi connectivity index (χ2v) is 6.29. The summed E-state index contributed by atoms with van der Waals surface area (Å²) in [5.41, 5.74) is 0.992. The molecule has 1 aromatic carbocycles. The molecule has 1 aliphatic carbocycles. The Bertz CT molecular complexity index is 537. The van der Waals surface area contributed by atoms with Gasteiger partial charge in [-0.05, 0) is 57.7 Å².